The topological polar surface area (TPSA) is 122 Å². The Hall–Kier alpha value is -2.40. The van der Waals surface area contributed by atoms with Gasteiger partial charge >= 0.3 is 0 Å². The molecule has 1 aliphatic heterocycles. The van der Waals surface area contributed by atoms with Gasteiger partial charge in [0.1, 0.15) is 28.9 Å². The van der Waals surface area contributed by atoms with Crippen molar-refractivity contribution in [2.24, 2.45) is 0 Å². The van der Waals surface area contributed by atoms with Crippen LogP contribution in [0.1, 0.15) is 5.56 Å². The van der Waals surface area contributed by atoms with E-state index in [0.717, 1.165) is 5.56 Å². The number of aliphatic hydroxyl groups is 1. The van der Waals surface area contributed by atoms with E-state index in [2.05, 4.69) is 35.5 Å². The van der Waals surface area contributed by atoms with Crippen LogP contribution in [0.3, 0.4) is 0 Å². The zero-order valence-corrected chi connectivity index (χ0v) is 17.8. The number of fused-ring (bicyclic) bond motifs is 1. The first-order chi connectivity index (χ1) is 14.7. The van der Waals surface area contributed by atoms with Crippen LogP contribution in [0, 0.1) is 0 Å². The fraction of sp³-hybridized carbons (Fsp3) is 0.368. The van der Waals surface area contributed by atoms with E-state index in [1.54, 1.807) is 0 Å². The maximum atomic E-state index is 11.8. The molecule has 1 aliphatic rings. The minimum atomic E-state index is -0.801. The van der Waals surface area contributed by atoms with E-state index >= 15 is 0 Å². The summed E-state index contributed by atoms with van der Waals surface area (Å²) in [6, 6.07) is 7.60. The minimum Gasteiger partial charge on any atom is -0.616 e. The van der Waals surface area contributed by atoms with E-state index in [9.17, 15) is 4.55 Å². The molecule has 0 radical (unpaired) electrons. The van der Waals surface area contributed by atoms with Gasteiger partial charge in [0.2, 0.25) is 5.95 Å². The summed E-state index contributed by atoms with van der Waals surface area (Å²) in [5, 5.41) is 16.2. The van der Waals surface area contributed by atoms with Crippen LogP contribution < -0.4 is 15.5 Å². The van der Waals surface area contributed by atoms with E-state index in [1.165, 1.54) is 6.33 Å². The lowest BCUT2D eigenvalue weighted by molar-refractivity contribution is 0.311. The van der Waals surface area contributed by atoms with Gasteiger partial charge in [0.25, 0.3) is 0 Å². The predicted octanol–water partition coefficient (Wildman–Crippen LogP) is 1.66. The molecule has 0 amide bonds. The van der Waals surface area contributed by atoms with Gasteiger partial charge in [-0.15, -0.1) is 0 Å². The lowest BCUT2D eigenvalue weighted by Gasteiger charge is -2.29. The average Bonchev–Trinajstić information content (AvgIpc) is 2.77. The first-order valence-corrected chi connectivity index (χ1v) is 11.5. The zero-order chi connectivity index (χ0) is 20.9. The summed E-state index contributed by atoms with van der Waals surface area (Å²) in [5.74, 6) is 2.80. The molecule has 0 unspecified atom stereocenters. The predicted molar refractivity (Wildman–Crippen MR) is 120 cm³/mol. The lowest BCUT2D eigenvalue weighted by Crippen LogP contribution is -2.41. The molecule has 0 aliphatic carbocycles. The van der Waals surface area contributed by atoms with Crippen molar-refractivity contribution in [1.29, 1.82) is 0 Å². The lowest BCUT2D eigenvalue weighted by atomic mass is 10.2. The number of anilines is 3. The molecule has 30 heavy (non-hydrogen) atoms. The molecule has 9 nitrogen and oxygen atoms in total. The second kappa shape index (κ2) is 9.61. The molecule has 3 N–H and O–H groups in total. The zero-order valence-electron chi connectivity index (χ0n) is 16.2. The number of aromatic nitrogens is 4. The van der Waals surface area contributed by atoms with E-state index in [1.807, 2.05) is 24.3 Å². The maximum Gasteiger partial charge on any atom is 0.225 e. The Bertz CT molecular complexity index is 1020. The molecule has 0 atom stereocenters. The molecule has 1 saturated heterocycles. The van der Waals surface area contributed by atoms with Gasteiger partial charge in [-0.2, -0.15) is 4.98 Å². The molecule has 2 aromatic heterocycles. The first kappa shape index (κ1) is 20.9. The molecule has 3 aromatic rings. The van der Waals surface area contributed by atoms with E-state index in [0.29, 0.717) is 71.3 Å². The number of rotatable bonds is 7. The number of aliphatic hydroxyl groups excluding tert-OH is 1. The number of hydrogen-bond acceptors (Lipinski definition) is 9. The Labute approximate surface area is 182 Å². The van der Waals surface area contributed by atoms with Crippen molar-refractivity contribution >= 4 is 51.4 Å². The van der Waals surface area contributed by atoms with Gasteiger partial charge in [-0.25, -0.2) is 15.0 Å². The summed E-state index contributed by atoms with van der Waals surface area (Å²) in [4.78, 5) is 20.1. The molecule has 0 spiro atoms. The third-order valence-corrected chi connectivity index (χ3v) is 6.38. The van der Waals surface area contributed by atoms with Crippen LogP contribution in [0.15, 0.2) is 30.6 Å². The van der Waals surface area contributed by atoms with Crippen molar-refractivity contribution in [2.75, 3.05) is 53.3 Å². The third-order valence-electron chi connectivity index (χ3n) is 4.74. The Balaban J connectivity index is 1.70. The second-order valence-corrected chi connectivity index (χ2v) is 8.82. The van der Waals surface area contributed by atoms with Gasteiger partial charge in [-0.3, -0.25) is 0 Å². The van der Waals surface area contributed by atoms with Crippen molar-refractivity contribution < 1.29 is 9.66 Å². The van der Waals surface area contributed by atoms with Crippen LogP contribution in [0.2, 0.25) is 5.02 Å². The van der Waals surface area contributed by atoms with Crippen LogP contribution in [0.4, 0.5) is 17.6 Å². The molecule has 11 heteroatoms. The van der Waals surface area contributed by atoms with Gasteiger partial charge < -0.3 is 25.2 Å². The highest BCUT2D eigenvalue weighted by Gasteiger charge is 2.24. The monoisotopic (exact) mass is 447 g/mol. The highest BCUT2D eigenvalue weighted by atomic mass is 35.5. The molecule has 0 saturated carbocycles. The summed E-state index contributed by atoms with van der Waals surface area (Å²) < 4.78 is 11.8. The van der Waals surface area contributed by atoms with Crippen molar-refractivity contribution in [1.82, 2.24) is 19.9 Å². The quantitative estimate of drug-likeness (QED) is 0.464. The van der Waals surface area contributed by atoms with E-state index in [-0.39, 0.29) is 6.61 Å². The number of hydrogen-bond donors (Lipinski definition) is 3. The van der Waals surface area contributed by atoms with Gasteiger partial charge in [0.15, 0.2) is 11.6 Å². The molecule has 1 aromatic carbocycles. The second-order valence-electron chi connectivity index (χ2n) is 6.72. The minimum absolute atomic E-state index is 0.0394. The number of benzene rings is 1. The fourth-order valence-corrected chi connectivity index (χ4v) is 4.45. The first-order valence-electron chi connectivity index (χ1n) is 9.60. The molecular weight excluding hydrogens is 426 g/mol. The molecule has 158 valence electrons. The number of halogens is 1. The summed E-state index contributed by atoms with van der Waals surface area (Å²) in [6.07, 6.45) is 1.48. The smallest absolute Gasteiger partial charge is 0.225 e. The fourth-order valence-electron chi connectivity index (χ4n) is 3.20. The highest BCUT2D eigenvalue weighted by molar-refractivity contribution is 7.91. The Morgan fingerprint density at radius 2 is 1.90 bits per heavy atom. The normalized spacial score (nSPS) is 14.8. The highest BCUT2D eigenvalue weighted by Crippen LogP contribution is 2.28. The molecule has 4 rings (SSSR count). The third kappa shape index (κ3) is 4.67. The summed E-state index contributed by atoms with van der Waals surface area (Å²) in [5.41, 5.74) is 2.13. The van der Waals surface area contributed by atoms with Crippen molar-refractivity contribution in [3.63, 3.8) is 0 Å². The van der Waals surface area contributed by atoms with Crippen molar-refractivity contribution in [3.8, 4) is 0 Å². The van der Waals surface area contributed by atoms with Crippen LogP contribution >= 0.6 is 11.6 Å². The van der Waals surface area contributed by atoms with Crippen molar-refractivity contribution in [2.45, 2.75) is 6.54 Å². The summed E-state index contributed by atoms with van der Waals surface area (Å²) in [6.45, 7) is 2.02. The van der Waals surface area contributed by atoms with Gasteiger partial charge in [0.05, 0.1) is 19.7 Å². The standard InChI is InChI=1S/C19H22ClN7O2S/c20-14-4-2-1-3-13(14)11-22-17-15-16(23-12-24-17)18(26-19(25-15)21-5-8-28)27-6-9-30(29)10-7-27/h1-4,12,28H,5-11H2,(H,21,25,26)(H,22,23,24). The average molecular weight is 448 g/mol. The molecule has 1 fully saturated rings. The van der Waals surface area contributed by atoms with Crippen LogP contribution in [-0.4, -0.2) is 67.3 Å². The van der Waals surface area contributed by atoms with Gasteiger partial charge in [-0.1, -0.05) is 41.0 Å². The van der Waals surface area contributed by atoms with Gasteiger partial charge in [0, 0.05) is 18.1 Å². The molecular formula is C19H22ClN7O2S. The van der Waals surface area contributed by atoms with E-state index in [4.69, 9.17) is 16.7 Å². The van der Waals surface area contributed by atoms with Crippen molar-refractivity contribution in [3.05, 3.63) is 41.2 Å². The van der Waals surface area contributed by atoms with Crippen LogP contribution in [-0.2, 0) is 17.7 Å². The van der Waals surface area contributed by atoms with Crippen LogP contribution in [0.5, 0.6) is 0 Å². The van der Waals surface area contributed by atoms with E-state index < -0.39 is 11.2 Å². The SMILES string of the molecule is [O-][S+]1CCN(c2nc(NCCO)nc3c(NCc4ccccc4Cl)ncnc23)CC1. The Kier molecular flexibility index (Phi) is 6.68. The molecule has 3 heterocycles. The number of nitrogens with zero attached hydrogens (tertiary/aromatic N) is 5. The summed E-state index contributed by atoms with van der Waals surface area (Å²) >= 11 is 5.47. The Morgan fingerprint density at radius 3 is 2.67 bits per heavy atom. The summed E-state index contributed by atoms with van der Waals surface area (Å²) in [7, 11) is 0. The molecule has 0 bridgehead atoms. The Morgan fingerprint density at radius 1 is 1.10 bits per heavy atom. The maximum absolute atomic E-state index is 11.8. The van der Waals surface area contributed by atoms with Crippen LogP contribution in [0.25, 0.3) is 11.0 Å². The largest absolute Gasteiger partial charge is 0.616 e. The van der Waals surface area contributed by atoms with Gasteiger partial charge in [-0.05, 0) is 11.6 Å². The number of nitrogens with one attached hydrogen (secondary N) is 2.